The number of carbonyl (C=O) groups is 1. The fourth-order valence-electron chi connectivity index (χ4n) is 2.97. The molecular formula is C19H20ClFN2O6S. The van der Waals surface area contributed by atoms with E-state index in [1.165, 1.54) is 42.8 Å². The van der Waals surface area contributed by atoms with Gasteiger partial charge >= 0.3 is 0 Å². The summed E-state index contributed by atoms with van der Waals surface area (Å²) in [4.78, 5) is 12.8. The minimum Gasteiger partial charge on any atom is -0.493 e. The van der Waals surface area contributed by atoms with Crippen LogP contribution in [0.2, 0.25) is 5.02 Å². The summed E-state index contributed by atoms with van der Waals surface area (Å²) < 4.78 is 56.5. The van der Waals surface area contributed by atoms with Gasteiger partial charge in [0.15, 0.2) is 11.5 Å². The van der Waals surface area contributed by atoms with E-state index in [9.17, 15) is 17.6 Å². The molecule has 8 nitrogen and oxygen atoms in total. The maximum Gasteiger partial charge on any atom is 0.259 e. The summed E-state index contributed by atoms with van der Waals surface area (Å²) >= 11 is 5.75. The van der Waals surface area contributed by atoms with E-state index in [1.54, 1.807) is 0 Å². The van der Waals surface area contributed by atoms with E-state index in [0.717, 1.165) is 6.07 Å². The zero-order chi connectivity index (χ0) is 21.9. The van der Waals surface area contributed by atoms with Crippen LogP contribution in [0.4, 0.5) is 10.1 Å². The van der Waals surface area contributed by atoms with Crippen molar-refractivity contribution in [3.63, 3.8) is 0 Å². The molecule has 0 aliphatic carbocycles. The van der Waals surface area contributed by atoms with Gasteiger partial charge in [0.25, 0.3) is 5.91 Å². The maximum atomic E-state index is 13.4. The van der Waals surface area contributed by atoms with E-state index in [0.29, 0.717) is 0 Å². The molecule has 3 rings (SSSR count). The van der Waals surface area contributed by atoms with Gasteiger partial charge in [0.1, 0.15) is 5.82 Å². The third-order valence-electron chi connectivity index (χ3n) is 4.48. The smallest absolute Gasteiger partial charge is 0.259 e. The van der Waals surface area contributed by atoms with Gasteiger partial charge < -0.3 is 19.5 Å². The molecule has 1 heterocycles. The first-order valence-corrected chi connectivity index (χ1v) is 10.7. The highest BCUT2D eigenvalue weighted by atomic mass is 35.5. The van der Waals surface area contributed by atoms with Crippen LogP contribution in [0.1, 0.15) is 10.4 Å². The number of sulfonamides is 1. The number of amides is 1. The van der Waals surface area contributed by atoms with Crippen molar-refractivity contribution in [2.75, 3.05) is 45.8 Å². The van der Waals surface area contributed by atoms with Crippen LogP contribution in [0.15, 0.2) is 35.2 Å². The standard InChI is InChI=1S/C19H20ClFN2O6S/c1-27-17-11-13(30(25,26)23-5-7-29-8-6-23)10-14(18(17)28-2)19(24)22-12-3-4-16(21)15(20)9-12/h3-4,9-11H,5-8H2,1-2H3,(H,22,24). The molecule has 0 unspecified atom stereocenters. The van der Waals surface area contributed by atoms with Gasteiger partial charge in [-0.1, -0.05) is 11.6 Å². The molecule has 30 heavy (non-hydrogen) atoms. The summed E-state index contributed by atoms with van der Waals surface area (Å²) in [6, 6.07) is 6.20. The van der Waals surface area contributed by atoms with Crippen molar-refractivity contribution in [1.82, 2.24) is 4.31 Å². The van der Waals surface area contributed by atoms with Crippen molar-refractivity contribution in [2.24, 2.45) is 0 Å². The molecule has 2 aromatic rings. The number of nitrogens with zero attached hydrogens (tertiary/aromatic N) is 1. The zero-order valence-electron chi connectivity index (χ0n) is 16.3. The number of carbonyl (C=O) groups excluding carboxylic acids is 1. The number of benzene rings is 2. The van der Waals surface area contributed by atoms with E-state index in [4.69, 9.17) is 25.8 Å². The molecule has 0 radical (unpaired) electrons. The van der Waals surface area contributed by atoms with Crippen LogP contribution in [-0.2, 0) is 14.8 Å². The zero-order valence-corrected chi connectivity index (χ0v) is 17.8. The van der Waals surface area contributed by atoms with Gasteiger partial charge in [-0.15, -0.1) is 0 Å². The Labute approximate surface area is 178 Å². The number of ether oxygens (including phenoxy) is 3. The van der Waals surface area contributed by atoms with Gasteiger partial charge in [0.2, 0.25) is 10.0 Å². The summed E-state index contributed by atoms with van der Waals surface area (Å²) in [6.45, 7) is 0.967. The fraction of sp³-hybridized carbons (Fsp3) is 0.316. The Morgan fingerprint density at radius 1 is 1.17 bits per heavy atom. The van der Waals surface area contributed by atoms with Gasteiger partial charge in [0.05, 0.1) is 42.9 Å². The summed E-state index contributed by atoms with van der Waals surface area (Å²) in [5, 5.41) is 2.39. The minimum atomic E-state index is -3.89. The lowest BCUT2D eigenvalue weighted by atomic mass is 10.1. The van der Waals surface area contributed by atoms with Crippen LogP contribution in [0.25, 0.3) is 0 Å². The third-order valence-corrected chi connectivity index (χ3v) is 6.65. The number of methoxy groups -OCH3 is 2. The Bertz CT molecular complexity index is 1060. The number of halogens is 2. The quantitative estimate of drug-likeness (QED) is 0.715. The highest BCUT2D eigenvalue weighted by Crippen LogP contribution is 2.36. The Hall–Kier alpha value is -2.40. The second kappa shape index (κ2) is 9.17. The molecule has 1 aliphatic heterocycles. The predicted octanol–water partition coefficient (Wildman–Crippen LogP) is 2.77. The first-order chi connectivity index (χ1) is 14.3. The lowest BCUT2D eigenvalue weighted by Gasteiger charge is -2.26. The van der Waals surface area contributed by atoms with Gasteiger partial charge in [-0.3, -0.25) is 4.79 Å². The Morgan fingerprint density at radius 3 is 2.47 bits per heavy atom. The fourth-order valence-corrected chi connectivity index (χ4v) is 4.60. The number of anilines is 1. The molecule has 1 fully saturated rings. The lowest BCUT2D eigenvalue weighted by Crippen LogP contribution is -2.40. The minimum absolute atomic E-state index is 0.0594. The molecule has 1 N–H and O–H groups in total. The van der Waals surface area contributed by atoms with Crippen molar-refractivity contribution in [3.8, 4) is 11.5 Å². The van der Waals surface area contributed by atoms with E-state index in [1.807, 2.05) is 0 Å². The second-order valence-corrected chi connectivity index (χ2v) is 8.65. The predicted molar refractivity (Wildman–Crippen MR) is 108 cm³/mol. The molecule has 0 saturated carbocycles. The Kier molecular flexibility index (Phi) is 6.81. The first-order valence-electron chi connectivity index (χ1n) is 8.88. The molecule has 0 spiro atoms. The van der Waals surface area contributed by atoms with Gasteiger partial charge in [-0.05, 0) is 24.3 Å². The monoisotopic (exact) mass is 458 g/mol. The largest absolute Gasteiger partial charge is 0.493 e. The SMILES string of the molecule is COc1cc(S(=O)(=O)N2CCOCC2)cc(C(=O)Nc2ccc(F)c(Cl)c2)c1OC. The number of hydrogen-bond acceptors (Lipinski definition) is 6. The van der Waals surface area contributed by atoms with E-state index in [-0.39, 0.29) is 59.0 Å². The highest BCUT2D eigenvalue weighted by molar-refractivity contribution is 7.89. The molecule has 0 atom stereocenters. The molecule has 1 amide bonds. The molecule has 2 aromatic carbocycles. The van der Waals surface area contributed by atoms with Crippen molar-refractivity contribution >= 4 is 33.2 Å². The molecule has 1 aliphatic rings. The summed E-state index contributed by atoms with van der Waals surface area (Å²) in [6.07, 6.45) is 0. The molecule has 0 bridgehead atoms. The van der Waals surface area contributed by atoms with Gasteiger partial charge in [-0.25, -0.2) is 12.8 Å². The number of hydrogen-bond donors (Lipinski definition) is 1. The highest BCUT2D eigenvalue weighted by Gasteiger charge is 2.30. The average molecular weight is 459 g/mol. The van der Waals surface area contributed by atoms with Crippen molar-refractivity contribution in [2.45, 2.75) is 4.90 Å². The van der Waals surface area contributed by atoms with Crippen molar-refractivity contribution in [1.29, 1.82) is 0 Å². The summed E-state index contributed by atoms with van der Waals surface area (Å²) in [7, 11) is -1.22. The van der Waals surface area contributed by atoms with Crippen LogP contribution in [0.5, 0.6) is 11.5 Å². The normalized spacial score (nSPS) is 14.9. The van der Waals surface area contributed by atoms with Crippen LogP contribution in [-0.4, -0.2) is 59.2 Å². The van der Waals surface area contributed by atoms with E-state index >= 15 is 0 Å². The van der Waals surface area contributed by atoms with Crippen molar-refractivity contribution in [3.05, 3.63) is 46.7 Å². The van der Waals surface area contributed by atoms with Crippen LogP contribution in [0, 0.1) is 5.82 Å². The van der Waals surface area contributed by atoms with Crippen LogP contribution in [0.3, 0.4) is 0 Å². The molecular weight excluding hydrogens is 439 g/mol. The second-order valence-electron chi connectivity index (χ2n) is 6.31. The maximum absolute atomic E-state index is 13.4. The molecule has 11 heteroatoms. The van der Waals surface area contributed by atoms with Gasteiger partial charge in [-0.2, -0.15) is 4.31 Å². The Balaban J connectivity index is 2.02. The van der Waals surface area contributed by atoms with E-state index in [2.05, 4.69) is 5.32 Å². The Morgan fingerprint density at radius 2 is 1.87 bits per heavy atom. The molecule has 162 valence electrons. The summed E-state index contributed by atoms with van der Waals surface area (Å²) in [5.74, 6) is -1.17. The molecule has 0 aromatic heterocycles. The average Bonchev–Trinajstić information content (AvgIpc) is 2.75. The molecule has 1 saturated heterocycles. The number of nitrogens with one attached hydrogen (secondary N) is 1. The number of morpholine rings is 1. The number of rotatable bonds is 6. The summed E-state index contributed by atoms with van der Waals surface area (Å²) in [5.41, 5.74) is 0.165. The van der Waals surface area contributed by atoms with Crippen molar-refractivity contribution < 1.29 is 31.8 Å². The van der Waals surface area contributed by atoms with E-state index < -0.39 is 21.7 Å². The van der Waals surface area contributed by atoms with Crippen LogP contribution < -0.4 is 14.8 Å². The topological polar surface area (TPSA) is 94.2 Å². The third kappa shape index (κ3) is 4.51. The first kappa shape index (κ1) is 22.3. The van der Waals surface area contributed by atoms with Crippen LogP contribution >= 0.6 is 11.6 Å². The lowest BCUT2D eigenvalue weighted by molar-refractivity contribution is 0.0730. The van der Waals surface area contributed by atoms with Gasteiger partial charge in [0, 0.05) is 24.8 Å².